The van der Waals surface area contributed by atoms with Crippen LogP contribution in [0.3, 0.4) is 0 Å². The molecule has 0 bridgehead atoms. The molecule has 0 amide bonds. The Labute approximate surface area is 211 Å². The summed E-state index contributed by atoms with van der Waals surface area (Å²) in [6.07, 6.45) is 18.5. The second-order valence-electron chi connectivity index (χ2n) is 8.92. The van der Waals surface area contributed by atoms with E-state index >= 15 is 0 Å². The Kier molecular flexibility index (Phi) is 32.5. The van der Waals surface area contributed by atoms with Crippen LogP contribution < -0.4 is 0 Å². The first-order valence-electron chi connectivity index (χ1n) is 14.4. The minimum atomic E-state index is 0.583. The Balaban J connectivity index is 2.99. The van der Waals surface area contributed by atoms with Crippen molar-refractivity contribution in [2.75, 3.05) is 79.3 Å². The van der Waals surface area contributed by atoms with Gasteiger partial charge in [0.15, 0.2) is 0 Å². The van der Waals surface area contributed by atoms with E-state index in [0.29, 0.717) is 66.1 Å². The lowest BCUT2D eigenvalue weighted by atomic mass is 10.1. The summed E-state index contributed by atoms with van der Waals surface area (Å²) >= 11 is 0. The van der Waals surface area contributed by atoms with Crippen molar-refractivity contribution in [3.05, 3.63) is 0 Å². The van der Waals surface area contributed by atoms with Gasteiger partial charge in [-0.25, -0.2) is 0 Å². The van der Waals surface area contributed by atoms with Gasteiger partial charge >= 0.3 is 0 Å². The van der Waals surface area contributed by atoms with Gasteiger partial charge in [0.2, 0.25) is 0 Å². The molecule has 6 heteroatoms. The maximum Gasteiger partial charge on any atom is 0.0701 e. The van der Waals surface area contributed by atoms with Crippen LogP contribution in [-0.4, -0.2) is 79.3 Å². The molecular weight excluding hydrogens is 432 g/mol. The van der Waals surface area contributed by atoms with Crippen LogP contribution in [0.2, 0.25) is 0 Å². The fraction of sp³-hybridized carbons (Fsp3) is 1.00. The SMILES string of the molecule is CCCCCCCCCCCCOCCOCCOCCOCCOCCOCCCCCC. The van der Waals surface area contributed by atoms with Crippen molar-refractivity contribution in [2.24, 2.45) is 0 Å². The Morgan fingerprint density at radius 1 is 0.235 bits per heavy atom. The molecule has 0 saturated heterocycles. The first-order valence-corrected chi connectivity index (χ1v) is 14.4. The molecule has 206 valence electrons. The number of hydrogen-bond donors (Lipinski definition) is 0. The molecule has 0 radical (unpaired) electrons. The summed E-state index contributed by atoms with van der Waals surface area (Å²) in [5.74, 6) is 0. The molecule has 0 rings (SSSR count). The topological polar surface area (TPSA) is 55.4 Å². The molecule has 0 N–H and O–H groups in total. The van der Waals surface area contributed by atoms with Gasteiger partial charge in [-0.1, -0.05) is 90.9 Å². The van der Waals surface area contributed by atoms with Crippen molar-refractivity contribution in [3.8, 4) is 0 Å². The first-order chi connectivity index (χ1) is 16.9. The fourth-order valence-corrected chi connectivity index (χ4v) is 3.52. The van der Waals surface area contributed by atoms with E-state index in [9.17, 15) is 0 Å². The molecule has 0 spiro atoms. The van der Waals surface area contributed by atoms with Gasteiger partial charge in [0.05, 0.1) is 66.1 Å². The number of hydrogen-bond acceptors (Lipinski definition) is 6. The van der Waals surface area contributed by atoms with Gasteiger partial charge in [-0.2, -0.15) is 0 Å². The van der Waals surface area contributed by atoms with E-state index in [4.69, 9.17) is 28.4 Å². The van der Waals surface area contributed by atoms with Gasteiger partial charge in [0.25, 0.3) is 0 Å². The predicted molar refractivity (Wildman–Crippen MR) is 141 cm³/mol. The fourth-order valence-electron chi connectivity index (χ4n) is 3.52. The quantitative estimate of drug-likeness (QED) is 0.102. The molecule has 0 aromatic heterocycles. The van der Waals surface area contributed by atoms with E-state index in [2.05, 4.69) is 13.8 Å². The van der Waals surface area contributed by atoms with Crippen molar-refractivity contribution < 1.29 is 28.4 Å². The molecule has 34 heavy (non-hydrogen) atoms. The third kappa shape index (κ3) is 31.8. The van der Waals surface area contributed by atoms with Crippen LogP contribution in [0.1, 0.15) is 104 Å². The molecule has 0 heterocycles. The molecule has 0 fully saturated rings. The second-order valence-corrected chi connectivity index (χ2v) is 8.92. The lowest BCUT2D eigenvalue weighted by molar-refractivity contribution is -0.0169. The smallest absolute Gasteiger partial charge is 0.0701 e. The van der Waals surface area contributed by atoms with E-state index in [1.54, 1.807) is 0 Å². The number of unbranched alkanes of at least 4 members (excludes halogenated alkanes) is 12. The van der Waals surface area contributed by atoms with Crippen molar-refractivity contribution >= 4 is 0 Å². The number of rotatable bonds is 31. The summed E-state index contributed by atoms with van der Waals surface area (Å²) in [6.45, 7) is 12.3. The van der Waals surface area contributed by atoms with Crippen LogP contribution >= 0.6 is 0 Å². The second kappa shape index (κ2) is 32.8. The van der Waals surface area contributed by atoms with Crippen LogP contribution in [0, 0.1) is 0 Å². The van der Waals surface area contributed by atoms with E-state index in [1.165, 1.54) is 77.0 Å². The van der Waals surface area contributed by atoms with E-state index < -0.39 is 0 Å². The zero-order valence-electron chi connectivity index (χ0n) is 22.8. The van der Waals surface area contributed by atoms with Gasteiger partial charge in [-0.15, -0.1) is 0 Å². The summed E-state index contributed by atoms with van der Waals surface area (Å²) in [5, 5.41) is 0. The molecular formula is C28H58O6. The summed E-state index contributed by atoms with van der Waals surface area (Å²) in [4.78, 5) is 0. The van der Waals surface area contributed by atoms with E-state index in [-0.39, 0.29) is 0 Å². The molecule has 0 saturated carbocycles. The summed E-state index contributed by atoms with van der Waals surface area (Å²) in [5.41, 5.74) is 0. The molecule has 0 aliphatic rings. The van der Waals surface area contributed by atoms with Crippen LogP contribution in [-0.2, 0) is 28.4 Å². The Bertz CT molecular complexity index is 311. The maximum atomic E-state index is 5.63. The molecule has 6 nitrogen and oxygen atoms in total. The molecule has 0 atom stereocenters. The van der Waals surface area contributed by atoms with Crippen LogP contribution in [0.5, 0.6) is 0 Å². The van der Waals surface area contributed by atoms with Gasteiger partial charge in [0, 0.05) is 13.2 Å². The Hall–Kier alpha value is -0.240. The molecule has 0 aliphatic carbocycles. The van der Waals surface area contributed by atoms with Crippen molar-refractivity contribution in [1.82, 2.24) is 0 Å². The van der Waals surface area contributed by atoms with Crippen LogP contribution in [0.4, 0.5) is 0 Å². The lowest BCUT2D eigenvalue weighted by Gasteiger charge is -2.08. The average Bonchev–Trinajstić information content (AvgIpc) is 2.85. The van der Waals surface area contributed by atoms with Crippen molar-refractivity contribution in [2.45, 2.75) is 104 Å². The predicted octanol–water partition coefficient (Wildman–Crippen LogP) is 6.59. The number of ether oxygens (including phenoxy) is 6. The van der Waals surface area contributed by atoms with Gasteiger partial charge in [-0.05, 0) is 12.8 Å². The zero-order chi connectivity index (χ0) is 24.6. The highest BCUT2D eigenvalue weighted by Gasteiger charge is 1.96. The highest BCUT2D eigenvalue weighted by Crippen LogP contribution is 2.10. The molecule has 0 aromatic carbocycles. The minimum absolute atomic E-state index is 0.583. The monoisotopic (exact) mass is 490 g/mol. The van der Waals surface area contributed by atoms with Crippen molar-refractivity contribution in [1.29, 1.82) is 0 Å². The van der Waals surface area contributed by atoms with Gasteiger partial charge in [-0.3, -0.25) is 0 Å². The third-order valence-electron chi connectivity index (χ3n) is 5.64. The largest absolute Gasteiger partial charge is 0.379 e. The molecule has 0 aromatic rings. The zero-order valence-corrected chi connectivity index (χ0v) is 22.8. The highest BCUT2D eigenvalue weighted by molar-refractivity contribution is 4.47. The first kappa shape index (κ1) is 33.8. The minimum Gasteiger partial charge on any atom is -0.379 e. The summed E-state index contributed by atoms with van der Waals surface area (Å²) in [6, 6.07) is 0. The van der Waals surface area contributed by atoms with Gasteiger partial charge in [0.1, 0.15) is 0 Å². The molecule has 0 unspecified atom stereocenters. The average molecular weight is 491 g/mol. The van der Waals surface area contributed by atoms with Crippen molar-refractivity contribution in [3.63, 3.8) is 0 Å². The summed E-state index contributed by atoms with van der Waals surface area (Å²) in [7, 11) is 0. The van der Waals surface area contributed by atoms with E-state index in [0.717, 1.165) is 26.1 Å². The Morgan fingerprint density at radius 2 is 0.441 bits per heavy atom. The highest BCUT2D eigenvalue weighted by atomic mass is 16.6. The normalized spacial score (nSPS) is 11.5. The van der Waals surface area contributed by atoms with E-state index in [1.807, 2.05) is 0 Å². The summed E-state index contributed by atoms with van der Waals surface area (Å²) < 4.78 is 33.2. The Morgan fingerprint density at radius 3 is 0.735 bits per heavy atom. The standard InChI is InChI=1S/C28H58O6/c1-3-5-7-9-10-11-12-13-14-16-18-30-20-22-32-24-26-34-28-27-33-25-23-31-21-19-29-17-15-8-6-4-2/h3-28H2,1-2H3. The van der Waals surface area contributed by atoms with Crippen LogP contribution in [0.15, 0.2) is 0 Å². The third-order valence-corrected chi connectivity index (χ3v) is 5.64. The van der Waals surface area contributed by atoms with Crippen LogP contribution in [0.25, 0.3) is 0 Å². The maximum absolute atomic E-state index is 5.63. The lowest BCUT2D eigenvalue weighted by Crippen LogP contribution is -2.14. The molecule has 0 aliphatic heterocycles. The van der Waals surface area contributed by atoms with Gasteiger partial charge < -0.3 is 28.4 Å².